The van der Waals surface area contributed by atoms with Gasteiger partial charge in [-0.1, -0.05) is 48.0 Å². The number of aryl methyl sites for hydroxylation is 1. The molecule has 0 heterocycles. The summed E-state index contributed by atoms with van der Waals surface area (Å²) in [6.45, 7) is 1.63. The van der Waals surface area contributed by atoms with E-state index in [2.05, 4.69) is 0 Å². The van der Waals surface area contributed by atoms with Crippen molar-refractivity contribution in [3.63, 3.8) is 0 Å². The molecule has 0 spiro atoms. The Labute approximate surface area is 135 Å². The molecule has 0 aromatic heterocycles. The van der Waals surface area contributed by atoms with Crippen LogP contribution in [-0.2, 0) is 16.6 Å². The second-order valence-electron chi connectivity index (χ2n) is 4.83. The average Bonchev–Trinajstić information content (AvgIpc) is 2.50. The smallest absolute Gasteiger partial charge is 0.207 e. The molecule has 2 aromatic carbocycles. The van der Waals surface area contributed by atoms with Gasteiger partial charge >= 0.3 is 0 Å². The molecule has 2 rings (SSSR count). The van der Waals surface area contributed by atoms with Crippen LogP contribution in [0.25, 0.3) is 0 Å². The zero-order valence-corrected chi connectivity index (χ0v) is 13.6. The standard InChI is InChI=1S/C16H15ClN2O2S/c1-13-7-8-15(17)11-16(13)22(20,21)19(10-9-18)12-14-5-3-2-4-6-14/h2-8,11H,10,12H2,1H3. The van der Waals surface area contributed by atoms with Crippen molar-refractivity contribution in [1.29, 1.82) is 5.26 Å². The molecule has 0 bridgehead atoms. The van der Waals surface area contributed by atoms with Gasteiger partial charge in [-0.15, -0.1) is 0 Å². The van der Waals surface area contributed by atoms with E-state index in [9.17, 15) is 8.42 Å². The first kappa shape index (κ1) is 16.5. The number of hydrogen-bond acceptors (Lipinski definition) is 3. The molecule has 4 nitrogen and oxygen atoms in total. The van der Waals surface area contributed by atoms with Crippen molar-refractivity contribution in [1.82, 2.24) is 4.31 Å². The quantitative estimate of drug-likeness (QED) is 0.788. The predicted octanol–water partition coefficient (Wildman–Crippen LogP) is 3.36. The molecular weight excluding hydrogens is 320 g/mol. The largest absolute Gasteiger partial charge is 0.244 e. The second kappa shape index (κ2) is 6.93. The Kier molecular flexibility index (Phi) is 5.19. The van der Waals surface area contributed by atoms with Crippen molar-refractivity contribution < 1.29 is 8.42 Å². The van der Waals surface area contributed by atoms with Crippen LogP contribution in [-0.4, -0.2) is 19.3 Å². The van der Waals surface area contributed by atoms with Crippen LogP contribution >= 0.6 is 11.6 Å². The fourth-order valence-electron chi connectivity index (χ4n) is 2.08. The van der Waals surface area contributed by atoms with Gasteiger partial charge in [0, 0.05) is 11.6 Å². The lowest BCUT2D eigenvalue weighted by Gasteiger charge is -2.20. The summed E-state index contributed by atoms with van der Waals surface area (Å²) in [5.74, 6) is 0. The first-order valence-electron chi connectivity index (χ1n) is 6.62. The minimum absolute atomic E-state index is 0.131. The summed E-state index contributed by atoms with van der Waals surface area (Å²) in [7, 11) is -3.79. The Morgan fingerprint density at radius 1 is 1.18 bits per heavy atom. The van der Waals surface area contributed by atoms with E-state index in [1.165, 1.54) is 6.07 Å². The number of nitrogens with zero attached hydrogens (tertiary/aromatic N) is 2. The number of benzene rings is 2. The summed E-state index contributed by atoms with van der Waals surface area (Å²) in [6, 6.07) is 15.8. The summed E-state index contributed by atoms with van der Waals surface area (Å²) in [4.78, 5) is 0.131. The van der Waals surface area contributed by atoms with E-state index >= 15 is 0 Å². The minimum atomic E-state index is -3.79. The van der Waals surface area contributed by atoms with Crippen LogP contribution < -0.4 is 0 Å². The molecule has 0 unspecified atom stereocenters. The molecule has 0 fully saturated rings. The molecular formula is C16H15ClN2O2S. The zero-order valence-electron chi connectivity index (χ0n) is 12.0. The molecule has 0 saturated heterocycles. The van der Waals surface area contributed by atoms with E-state index in [1.54, 1.807) is 19.1 Å². The fourth-order valence-corrected chi connectivity index (χ4v) is 3.90. The Balaban J connectivity index is 2.42. The van der Waals surface area contributed by atoms with E-state index in [-0.39, 0.29) is 18.0 Å². The Hall–Kier alpha value is -1.87. The van der Waals surface area contributed by atoms with Gasteiger partial charge in [0.15, 0.2) is 0 Å². The summed E-state index contributed by atoms with van der Waals surface area (Å²) >= 11 is 5.92. The molecule has 114 valence electrons. The summed E-state index contributed by atoms with van der Waals surface area (Å²) in [6.07, 6.45) is 0. The van der Waals surface area contributed by atoms with Crippen molar-refractivity contribution in [2.75, 3.05) is 6.54 Å². The molecule has 6 heteroatoms. The monoisotopic (exact) mass is 334 g/mol. The van der Waals surface area contributed by atoms with E-state index in [0.717, 1.165) is 9.87 Å². The third kappa shape index (κ3) is 3.66. The number of hydrogen-bond donors (Lipinski definition) is 0. The minimum Gasteiger partial charge on any atom is -0.207 e. The van der Waals surface area contributed by atoms with Gasteiger partial charge < -0.3 is 0 Å². The Morgan fingerprint density at radius 3 is 2.50 bits per heavy atom. The maximum atomic E-state index is 12.8. The van der Waals surface area contributed by atoms with Crippen LogP contribution in [0.4, 0.5) is 0 Å². The van der Waals surface area contributed by atoms with Gasteiger partial charge in [0.1, 0.15) is 6.54 Å². The summed E-state index contributed by atoms with van der Waals surface area (Å²) < 4.78 is 26.8. The number of nitriles is 1. The van der Waals surface area contributed by atoms with Gasteiger partial charge in [0.05, 0.1) is 11.0 Å². The average molecular weight is 335 g/mol. The summed E-state index contributed by atoms with van der Waals surface area (Å²) in [5, 5.41) is 9.31. The molecule has 0 aliphatic heterocycles. The maximum absolute atomic E-state index is 12.8. The van der Waals surface area contributed by atoms with E-state index in [1.807, 2.05) is 36.4 Å². The number of rotatable bonds is 5. The highest BCUT2D eigenvalue weighted by molar-refractivity contribution is 7.89. The Morgan fingerprint density at radius 2 is 1.86 bits per heavy atom. The molecule has 0 aliphatic carbocycles. The number of halogens is 1. The lowest BCUT2D eigenvalue weighted by Crippen LogP contribution is -2.31. The molecule has 0 saturated carbocycles. The molecule has 2 aromatic rings. The predicted molar refractivity (Wildman–Crippen MR) is 85.8 cm³/mol. The van der Waals surface area contributed by atoms with Crippen LogP contribution in [0, 0.1) is 18.3 Å². The normalized spacial score (nSPS) is 11.4. The van der Waals surface area contributed by atoms with Crippen LogP contribution in [0.5, 0.6) is 0 Å². The van der Waals surface area contributed by atoms with Crippen molar-refractivity contribution in [3.05, 3.63) is 64.7 Å². The highest BCUT2D eigenvalue weighted by Crippen LogP contribution is 2.24. The topological polar surface area (TPSA) is 61.2 Å². The van der Waals surface area contributed by atoms with Gasteiger partial charge in [-0.3, -0.25) is 0 Å². The van der Waals surface area contributed by atoms with Gasteiger partial charge in [-0.2, -0.15) is 9.57 Å². The Bertz CT molecular complexity index is 799. The van der Waals surface area contributed by atoms with Crippen molar-refractivity contribution in [2.24, 2.45) is 0 Å². The van der Waals surface area contributed by atoms with Crippen molar-refractivity contribution in [2.45, 2.75) is 18.4 Å². The fraction of sp³-hybridized carbons (Fsp3) is 0.188. The van der Waals surface area contributed by atoms with Gasteiger partial charge in [0.2, 0.25) is 10.0 Å². The third-order valence-corrected chi connectivity index (χ3v) is 5.39. The zero-order chi connectivity index (χ0) is 16.2. The molecule has 0 N–H and O–H groups in total. The lowest BCUT2D eigenvalue weighted by molar-refractivity contribution is 0.441. The van der Waals surface area contributed by atoms with Crippen molar-refractivity contribution in [3.8, 4) is 6.07 Å². The van der Waals surface area contributed by atoms with Gasteiger partial charge in [0.25, 0.3) is 0 Å². The first-order valence-corrected chi connectivity index (χ1v) is 8.44. The van der Waals surface area contributed by atoms with E-state index in [4.69, 9.17) is 16.9 Å². The molecule has 22 heavy (non-hydrogen) atoms. The van der Waals surface area contributed by atoms with Crippen molar-refractivity contribution >= 4 is 21.6 Å². The van der Waals surface area contributed by atoms with Crippen LogP contribution in [0.2, 0.25) is 5.02 Å². The molecule has 0 amide bonds. The second-order valence-corrected chi connectivity index (χ2v) is 7.17. The molecule has 0 aliphatic rings. The van der Waals surface area contributed by atoms with Crippen LogP contribution in [0.1, 0.15) is 11.1 Å². The third-order valence-electron chi connectivity index (χ3n) is 3.22. The molecule has 0 radical (unpaired) electrons. The highest BCUT2D eigenvalue weighted by Gasteiger charge is 2.26. The maximum Gasteiger partial charge on any atom is 0.244 e. The number of sulfonamides is 1. The highest BCUT2D eigenvalue weighted by atomic mass is 35.5. The van der Waals surface area contributed by atoms with Gasteiger partial charge in [-0.25, -0.2) is 8.42 Å². The first-order chi connectivity index (χ1) is 10.4. The molecule has 0 atom stereocenters. The SMILES string of the molecule is Cc1ccc(Cl)cc1S(=O)(=O)N(CC#N)Cc1ccccc1. The van der Waals surface area contributed by atoms with Gasteiger partial charge in [-0.05, 0) is 30.2 Å². The summed E-state index contributed by atoms with van der Waals surface area (Å²) in [5.41, 5.74) is 1.42. The van der Waals surface area contributed by atoms with Crippen LogP contribution in [0.3, 0.4) is 0 Å². The van der Waals surface area contributed by atoms with Crippen LogP contribution in [0.15, 0.2) is 53.4 Å². The lowest BCUT2D eigenvalue weighted by atomic mass is 10.2. The van der Waals surface area contributed by atoms with E-state index in [0.29, 0.717) is 10.6 Å². The van der Waals surface area contributed by atoms with E-state index < -0.39 is 10.0 Å².